The molecule has 1 aromatic carbocycles. The molecule has 0 atom stereocenters. The van der Waals surface area contributed by atoms with E-state index in [0.717, 1.165) is 48.1 Å². The van der Waals surface area contributed by atoms with Gasteiger partial charge in [-0.2, -0.15) is 0 Å². The lowest BCUT2D eigenvalue weighted by Crippen LogP contribution is -2.40. The molecule has 27 heavy (non-hydrogen) atoms. The number of fused-ring (bicyclic) bond motifs is 1. The lowest BCUT2D eigenvalue weighted by molar-refractivity contribution is -0.125. The van der Waals surface area contributed by atoms with Crippen LogP contribution in [0, 0.1) is 5.92 Å². The summed E-state index contributed by atoms with van der Waals surface area (Å²) in [7, 11) is 0. The predicted octanol–water partition coefficient (Wildman–Crippen LogP) is 3.82. The van der Waals surface area contributed by atoms with Gasteiger partial charge in [-0.15, -0.1) is 0 Å². The maximum absolute atomic E-state index is 12.5. The minimum absolute atomic E-state index is 0.0506. The molecule has 2 aromatic heterocycles. The molecule has 1 N–H and O–H groups in total. The van der Waals surface area contributed by atoms with Crippen molar-refractivity contribution in [3.8, 4) is 0 Å². The Balaban J connectivity index is 1.39. The van der Waals surface area contributed by atoms with Gasteiger partial charge < -0.3 is 10.2 Å². The molecule has 4 rings (SSSR count). The first kappa shape index (κ1) is 17.7. The SMILES string of the molecule is O=C(NCc1cccnc1)C1CCN(c2ccnc3ccc(Cl)cc23)CC1. The molecule has 0 spiro atoms. The molecule has 1 aliphatic heterocycles. The number of aromatic nitrogens is 2. The molecule has 6 heteroatoms. The lowest BCUT2D eigenvalue weighted by Gasteiger charge is -2.33. The maximum atomic E-state index is 12.5. The minimum atomic E-state index is 0.0506. The second-order valence-electron chi connectivity index (χ2n) is 6.83. The van der Waals surface area contributed by atoms with Crippen LogP contribution in [-0.4, -0.2) is 29.0 Å². The molecule has 138 valence electrons. The molecule has 3 aromatic rings. The van der Waals surface area contributed by atoms with E-state index in [-0.39, 0.29) is 11.8 Å². The van der Waals surface area contributed by atoms with E-state index in [4.69, 9.17) is 11.6 Å². The zero-order valence-electron chi connectivity index (χ0n) is 14.9. The lowest BCUT2D eigenvalue weighted by atomic mass is 9.95. The van der Waals surface area contributed by atoms with Crippen molar-refractivity contribution in [1.82, 2.24) is 15.3 Å². The first-order chi connectivity index (χ1) is 13.2. The van der Waals surface area contributed by atoms with Gasteiger partial charge in [0, 0.05) is 60.2 Å². The molecule has 3 heterocycles. The molecular weight excluding hydrogens is 360 g/mol. The zero-order valence-corrected chi connectivity index (χ0v) is 15.7. The largest absolute Gasteiger partial charge is 0.371 e. The Morgan fingerprint density at radius 2 is 2.04 bits per heavy atom. The van der Waals surface area contributed by atoms with Crippen molar-refractivity contribution in [2.45, 2.75) is 19.4 Å². The average molecular weight is 381 g/mol. The van der Waals surface area contributed by atoms with Crippen molar-refractivity contribution >= 4 is 34.1 Å². The van der Waals surface area contributed by atoms with E-state index in [0.29, 0.717) is 11.6 Å². The van der Waals surface area contributed by atoms with Crippen molar-refractivity contribution in [3.63, 3.8) is 0 Å². The van der Waals surface area contributed by atoms with Crippen molar-refractivity contribution < 1.29 is 4.79 Å². The maximum Gasteiger partial charge on any atom is 0.223 e. The summed E-state index contributed by atoms with van der Waals surface area (Å²) >= 11 is 6.18. The van der Waals surface area contributed by atoms with Crippen molar-refractivity contribution in [2.75, 3.05) is 18.0 Å². The Bertz CT molecular complexity index is 939. The number of pyridine rings is 2. The summed E-state index contributed by atoms with van der Waals surface area (Å²) in [5.41, 5.74) is 3.09. The van der Waals surface area contributed by atoms with Gasteiger partial charge in [-0.05, 0) is 48.7 Å². The molecule has 0 bridgehead atoms. The summed E-state index contributed by atoms with van der Waals surface area (Å²) in [5, 5.41) is 4.80. The van der Waals surface area contributed by atoms with Gasteiger partial charge >= 0.3 is 0 Å². The van der Waals surface area contributed by atoms with Crippen molar-refractivity contribution in [2.24, 2.45) is 5.92 Å². The number of amides is 1. The van der Waals surface area contributed by atoms with Crippen LogP contribution in [0.4, 0.5) is 5.69 Å². The molecule has 0 unspecified atom stereocenters. The van der Waals surface area contributed by atoms with Crippen LogP contribution in [-0.2, 0) is 11.3 Å². The van der Waals surface area contributed by atoms with Gasteiger partial charge in [-0.25, -0.2) is 0 Å². The van der Waals surface area contributed by atoms with Gasteiger partial charge in [0.1, 0.15) is 0 Å². The van der Waals surface area contributed by atoms with Gasteiger partial charge in [0.05, 0.1) is 5.52 Å². The Morgan fingerprint density at radius 3 is 2.81 bits per heavy atom. The van der Waals surface area contributed by atoms with Crippen LogP contribution in [0.5, 0.6) is 0 Å². The monoisotopic (exact) mass is 380 g/mol. The number of anilines is 1. The third-order valence-electron chi connectivity index (χ3n) is 5.08. The van der Waals surface area contributed by atoms with Gasteiger partial charge in [0.15, 0.2) is 0 Å². The highest BCUT2D eigenvalue weighted by molar-refractivity contribution is 6.31. The average Bonchev–Trinajstić information content (AvgIpc) is 2.72. The summed E-state index contributed by atoms with van der Waals surface area (Å²) in [6, 6.07) is 11.6. The number of halogens is 1. The minimum Gasteiger partial charge on any atom is -0.371 e. The van der Waals surface area contributed by atoms with E-state index in [2.05, 4.69) is 20.2 Å². The van der Waals surface area contributed by atoms with Gasteiger partial charge in [0.2, 0.25) is 5.91 Å². The van der Waals surface area contributed by atoms with Crippen LogP contribution < -0.4 is 10.2 Å². The van der Waals surface area contributed by atoms with Crippen LogP contribution in [0.25, 0.3) is 10.9 Å². The zero-order chi connectivity index (χ0) is 18.6. The van der Waals surface area contributed by atoms with E-state index in [1.807, 2.05) is 42.6 Å². The number of carbonyl (C=O) groups is 1. The van der Waals surface area contributed by atoms with E-state index >= 15 is 0 Å². The fourth-order valence-electron chi connectivity index (χ4n) is 3.60. The first-order valence-electron chi connectivity index (χ1n) is 9.16. The molecule has 1 aliphatic rings. The molecule has 0 radical (unpaired) electrons. The second-order valence-corrected chi connectivity index (χ2v) is 7.27. The van der Waals surface area contributed by atoms with E-state index in [1.54, 1.807) is 12.4 Å². The van der Waals surface area contributed by atoms with Crippen LogP contribution in [0.3, 0.4) is 0 Å². The molecule has 1 saturated heterocycles. The number of hydrogen-bond acceptors (Lipinski definition) is 4. The Hall–Kier alpha value is -2.66. The highest BCUT2D eigenvalue weighted by Gasteiger charge is 2.25. The molecule has 0 aliphatic carbocycles. The quantitative estimate of drug-likeness (QED) is 0.747. The van der Waals surface area contributed by atoms with Gasteiger partial charge in [-0.3, -0.25) is 14.8 Å². The fraction of sp³-hybridized carbons (Fsp3) is 0.286. The number of hydrogen-bond donors (Lipinski definition) is 1. The van der Waals surface area contributed by atoms with Crippen LogP contribution in [0.1, 0.15) is 18.4 Å². The fourth-order valence-corrected chi connectivity index (χ4v) is 3.77. The first-order valence-corrected chi connectivity index (χ1v) is 9.54. The van der Waals surface area contributed by atoms with Gasteiger partial charge in [0.25, 0.3) is 0 Å². The summed E-state index contributed by atoms with van der Waals surface area (Å²) < 4.78 is 0. The Kier molecular flexibility index (Phi) is 5.21. The predicted molar refractivity (Wildman–Crippen MR) is 108 cm³/mol. The highest BCUT2D eigenvalue weighted by Crippen LogP contribution is 2.31. The normalized spacial score (nSPS) is 15.1. The van der Waals surface area contributed by atoms with Gasteiger partial charge in [-0.1, -0.05) is 17.7 Å². The molecular formula is C21H21ClN4O. The summed E-state index contributed by atoms with van der Waals surface area (Å²) in [4.78, 5) is 23.3. The van der Waals surface area contributed by atoms with Crippen LogP contribution in [0.2, 0.25) is 5.02 Å². The van der Waals surface area contributed by atoms with Crippen molar-refractivity contribution in [1.29, 1.82) is 0 Å². The summed E-state index contributed by atoms with van der Waals surface area (Å²) in [6.45, 7) is 2.22. The number of carbonyl (C=O) groups excluding carboxylic acids is 1. The second kappa shape index (κ2) is 7.92. The van der Waals surface area contributed by atoms with E-state index in [1.165, 1.54) is 0 Å². The summed E-state index contributed by atoms with van der Waals surface area (Å²) in [5.74, 6) is 0.177. The molecule has 5 nitrogen and oxygen atoms in total. The standard InChI is InChI=1S/C21H21ClN4O/c22-17-3-4-19-18(12-17)20(5-9-24-19)26-10-6-16(7-11-26)21(27)25-14-15-2-1-8-23-13-15/h1-5,8-9,12-13,16H,6-7,10-11,14H2,(H,25,27). The van der Waals surface area contributed by atoms with E-state index < -0.39 is 0 Å². The third-order valence-corrected chi connectivity index (χ3v) is 5.31. The van der Waals surface area contributed by atoms with E-state index in [9.17, 15) is 4.79 Å². The Labute approximate surface area is 163 Å². The number of piperidine rings is 1. The topological polar surface area (TPSA) is 58.1 Å². The summed E-state index contributed by atoms with van der Waals surface area (Å²) in [6.07, 6.45) is 7.02. The van der Waals surface area contributed by atoms with Crippen LogP contribution >= 0.6 is 11.6 Å². The Morgan fingerprint density at radius 1 is 1.19 bits per heavy atom. The highest BCUT2D eigenvalue weighted by atomic mass is 35.5. The molecule has 1 fully saturated rings. The number of nitrogens with zero attached hydrogens (tertiary/aromatic N) is 3. The molecule has 1 amide bonds. The van der Waals surface area contributed by atoms with Crippen LogP contribution in [0.15, 0.2) is 55.0 Å². The smallest absolute Gasteiger partial charge is 0.223 e. The number of rotatable bonds is 4. The number of benzene rings is 1. The number of nitrogens with one attached hydrogen (secondary N) is 1. The van der Waals surface area contributed by atoms with Crippen molar-refractivity contribution in [3.05, 3.63) is 65.6 Å². The third kappa shape index (κ3) is 4.03. The molecule has 0 saturated carbocycles.